The third-order valence-corrected chi connectivity index (χ3v) is 4.18. The molecule has 0 spiro atoms. The lowest BCUT2D eigenvalue weighted by Crippen LogP contribution is -2.36. The van der Waals surface area contributed by atoms with Gasteiger partial charge in [-0.25, -0.2) is 0 Å². The van der Waals surface area contributed by atoms with Crippen molar-refractivity contribution < 1.29 is 4.74 Å². The number of rotatable bonds is 4. The number of hydrogen-bond acceptors (Lipinski definition) is 3. The van der Waals surface area contributed by atoms with Crippen LogP contribution in [0.3, 0.4) is 0 Å². The number of nitrogens with one attached hydrogen (secondary N) is 1. The van der Waals surface area contributed by atoms with Gasteiger partial charge in [-0.1, -0.05) is 47.5 Å². The Hall–Kier alpha value is -1.71. The van der Waals surface area contributed by atoms with Crippen molar-refractivity contribution in [2.75, 3.05) is 36.5 Å². The first-order valence-electron chi connectivity index (χ1n) is 7.64. The third kappa shape index (κ3) is 3.54. The molecule has 1 aliphatic heterocycles. The van der Waals surface area contributed by atoms with E-state index in [1.807, 2.05) is 12.1 Å². The first kappa shape index (κ1) is 15.2. The van der Waals surface area contributed by atoms with E-state index in [0.29, 0.717) is 0 Å². The lowest BCUT2D eigenvalue weighted by Gasteiger charge is -2.31. The van der Waals surface area contributed by atoms with Gasteiger partial charge in [-0.05, 0) is 24.6 Å². The molecule has 0 atom stereocenters. The van der Waals surface area contributed by atoms with Gasteiger partial charge in [0, 0.05) is 19.6 Å². The summed E-state index contributed by atoms with van der Waals surface area (Å²) in [6, 6.07) is 14.6. The summed E-state index contributed by atoms with van der Waals surface area (Å²) in [4.78, 5) is 2.30. The third-order valence-electron chi connectivity index (χ3n) is 3.88. The largest absolute Gasteiger partial charge is 0.379 e. The normalized spacial score (nSPS) is 14.9. The number of para-hydroxylation sites is 1. The fourth-order valence-corrected chi connectivity index (χ4v) is 3.08. The topological polar surface area (TPSA) is 24.5 Å². The zero-order valence-corrected chi connectivity index (χ0v) is 13.6. The molecule has 2 aromatic rings. The lowest BCUT2D eigenvalue weighted by molar-refractivity contribution is 0.123. The predicted molar refractivity (Wildman–Crippen MR) is 93.0 cm³/mol. The summed E-state index contributed by atoms with van der Waals surface area (Å²) in [7, 11) is 0. The second-order valence-electron chi connectivity index (χ2n) is 5.58. The summed E-state index contributed by atoms with van der Waals surface area (Å²) >= 11 is 6.45. The number of halogens is 1. The van der Waals surface area contributed by atoms with E-state index in [1.54, 1.807) is 0 Å². The Balaban J connectivity index is 1.79. The molecular formula is C18H21ClN2O. The molecule has 1 aliphatic rings. The van der Waals surface area contributed by atoms with Crippen molar-refractivity contribution in [3.63, 3.8) is 0 Å². The standard InChI is InChI=1S/C18H21ClN2O/c1-14-4-2-5-15(12-14)13-20-17-7-3-6-16(19)18(17)21-8-10-22-11-9-21/h2-7,12,20H,8-11,13H2,1H3. The molecule has 0 amide bonds. The van der Waals surface area contributed by atoms with Crippen molar-refractivity contribution in [2.45, 2.75) is 13.5 Å². The molecule has 4 heteroatoms. The van der Waals surface area contributed by atoms with Gasteiger partial charge in [0.1, 0.15) is 0 Å². The van der Waals surface area contributed by atoms with Gasteiger partial charge in [0.05, 0.1) is 29.6 Å². The summed E-state index contributed by atoms with van der Waals surface area (Å²) in [6.45, 7) is 6.16. The Bertz CT molecular complexity index is 639. The van der Waals surface area contributed by atoms with Crippen LogP contribution in [0.4, 0.5) is 11.4 Å². The van der Waals surface area contributed by atoms with E-state index in [1.165, 1.54) is 11.1 Å². The summed E-state index contributed by atoms with van der Waals surface area (Å²) in [5.41, 5.74) is 4.71. The Labute approximate surface area is 136 Å². The van der Waals surface area contributed by atoms with Gasteiger partial charge in [-0.15, -0.1) is 0 Å². The van der Waals surface area contributed by atoms with Gasteiger partial charge in [0.15, 0.2) is 0 Å². The zero-order chi connectivity index (χ0) is 15.4. The molecule has 0 bridgehead atoms. The molecule has 0 radical (unpaired) electrons. The van der Waals surface area contributed by atoms with Crippen LogP contribution in [0, 0.1) is 6.92 Å². The van der Waals surface area contributed by atoms with E-state index in [-0.39, 0.29) is 0 Å². The monoisotopic (exact) mass is 316 g/mol. The van der Waals surface area contributed by atoms with Gasteiger partial charge < -0.3 is 15.0 Å². The number of hydrogen-bond donors (Lipinski definition) is 1. The van der Waals surface area contributed by atoms with Crippen LogP contribution < -0.4 is 10.2 Å². The summed E-state index contributed by atoms with van der Waals surface area (Å²) in [5, 5.41) is 4.32. The first-order valence-corrected chi connectivity index (χ1v) is 8.02. The van der Waals surface area contributed by atoms with Gasteiger partial charge in [0.25, 0.3) is 0 Å². The average molecular weight is 317 g/mol. The van der Waals surface area contributed by atoms with Crippen LogP contribution in [0.2, 0.25) is 5.02 Å². The van der Waals surface area contributed by atoms with E-state index in [0.717, 1.165) is 49.2 Å². The Kier molecular flexibility index (Phi) is 4.86. The highest BCUT2D eigenvalue weighted by Crippen LogP contribution is 2.34. The highest BCUT2D eigenvalue weighted by atomic mass is 35.5. The van der Waals surface area contributed by atoms with E-state index >= 15 is 0 Å². The van der Waals surface area contributed by atoms with Crippen molar-refractivity contribution in [2.24, 2.45) is 0 Å². The van der Waals surface area contributed by atoms with Crippen LogP contribution in [0.5, 0.6) is 0 Å². The molecule has 1 saturated heterocycles. The Morgan fingerprint density at radius 3 is 2.68 bits per heavy atom. The predicted octanol–water partition coefficient (Wildman–Crippen LogP) is 4.10. The Morgan fingerprint density at radius 2 is 1.91 bits per heavy atom. The number of morpholine rings is 1. The van der Waals surface area contributed by atoms with E-state index < -0.39 is 0 Å². The fourth-order valence-electron chi connectivity index (χ4n) is 2.79. The van der Waals surface area contributed by atoms with E-state index in [2.05, 4.69) is 47.5 Å². The molecule has 0 aromatic heterocycles. The summed E-state index contributed by atoms with van der Waals surface area (Å²) in [6.07, 6.45) is 0. The summed E-state index contributed by atoms with van der Waals surface area (Å²) < 4.78 is 5.44. The minimum Gasteiger partial charge on any atom is -0.379 e. The molecule has 116 valence electrons. The van der Waals surface area contributed by atoms with Crippen molar-refractivity contribution >= 4 is 23.0 Å². The molecule has 1 fully saturated rings. The number of benzene rings is 2. The quantitative estimate of drug-likeness (QED) is 0.919. The van der Waals surface area contributed by atoms with Gasteiger partial charge in [0.2, 0.25) is 0 Å². The lowest BCUT2D eigenvalue weighted by atomic mass is 10.1. The number of aryl methyl sites for hydroxylation is 1. The van der Waals surface area contributed by atoms with Crippen LogP contribution in [0.25, 0.3) is 0 Å². The molecule has 2 aromatic carbocycles. The van der Waals surface area contributed by atoms with Crippen molar-refractivity contribution in [1.29, 1.82) is 0 Å². The van der Waals surface area contributed by atoms with E-state index in [9.17, 15) is 0 Å². The first-order chi connectivity index (χ1) is 10.7. The van der Waals surface area contributed by atoms with Crippen molar-refractivity contribution in [3.8, 4) is 0 Å². The summed E-state index contributed by atoms with van der Waals surface area (Å²) in [5.74, 6) is 0. The van der Waals surface area contributed by atoms with Crippen LogP contribution in [0.15, 0.2) is 42.5 Å². The molecule has 0 unspecified atom stereocenters. The van der Waals surface area contributed by atoms with Crippen LogP contribution in [-0.4, -0.2) is 26.3 Å². The van der Waals surface area contributed by atoms with Crippen LogP contribution in [-0.2, 0) is 11.3 Å². The molecule has 22 heavy (non-hydrogen) atoms. The second kappa shape index (κ2) is 7.03. The van der Waals surface area contributed by atoms with Gasteiger partial charge >= 0.3 is 0 Å². The number of nitrogens with zero attached hydrogens (tertiary/aromatic N) is 1. The molecule has 1 heterocycles. The molecule has 0 saturated carbocycles. The maximum absolute atomic E-state index is 6.45. The molecular weight excluding hydrogens is 296 g/mol. The molecule has 3 rings (SSSR count). The Morgan fingerprint density at radius 1 is 1.14 bits per heavy atom. The number of anilines is 2. The average Bonchev–Trinajstić information content (AvgIpc) is 2.54. The highest BCUT2D eigenvalue weighted by molar-refractivity contribution is 6.34. The maximum atomic E-state index is 6.45. The number of ether oxygens (including phenoxy) is 1. The van der Waals surface area contributed by atoms with Crippen LogP contribution >= 0.6 is 11.6 Å². The second-order valence-corrected chi connectivity index (χ2v) is 5.99. The minimum atomic E-state index is 0.753. The SMILES string of the molecule is Cc1cccc(CNc2cccc(Cl)c2N2CCOCC2)c1. The highest BCUT2D eigenvalue weighted by Gasteiger charge is 2.17. The van der Waals surface area contributed by atoms with E-state index in [4.69, 9.17) is 16.3 Å². The van der Waals surface area contributed by atoms with Crippen molar-refractivity contribution in [3.05, 3.63) is 58.6 Å². The smallest absolute Gasteiger partial charge is 0.0792 e. The molecule has 1 N–H and O–H groups in total. The zero-order valence-electron chi connectivity index (χ0n) is 12.8. The van der Waals surface area contributed by atoms with Crippen LogP contribution in [0.1, 0.15) is 11.1 Å². The van der Waals surface area contributed by atoms with Gasteiger partial charge in [-0.3, -0.25) is 0 Å². The molecule has 3 nitrogen and oxygen atoms in total. The fraction of sp³-hybridized carbons (Fsp3) is 0.333. The van der Waals surface area contributed by atoms with Crippen molar-refractivity contribution in [1.82, 2.24) is 0 Å². The maximum Gasteiger partial charge on any atom is 0.0792 e. The van der Waals surface area contributed by atoms with Gasteiger partial charge in [-0.2, -0.15) is 0 Å². The minimum absolute atomic E-state index is 0.753. The molecule has 0 aliphatic carbocycles.